The van der Waals surface area contributed by atoms with Crippen LogP contribution in [0.1, 0.15) is 61.7 Å². The fraction of sp³-hybridized carbons (Fsp3) is 0.654. The van der Waals surface area contributed by atoms with Gasteiger partial charge in [0.2, 0.25) is 0 Å². The van der Waals surface area contributed by atoms with Gasteiger partial charge in [-0.2, -0.15) is 0 Å². The maximum Gasteiger partial charge on any atom is 0.410 e. The number of likely N-dealkylation sites (tertiary alicyclic amines) is 1. The van der Waals surface area contributed by atoms with Gasteiger partial charge in [0.1, 0.15) is 6.10 Å². The van der Waals surface area contributed by atoms with E-state index in [9.17, 15) is 14.7 Å². The first-order valence-corrected chi connectivity index (χ1v) is 13.9. The van der Waals surface area contributed by atoms with Crippen LogP contribution in [0.4, 0.5) is 9.93 Å². The molecule has 6 fully saturated rings. The van der Waals surface area contributed by atoms with Crippen molar-refractivity contribution >= 4 is 38.7 Å². The van der Waals surface area contributed by atoms with Crippen molar-refractivity contribution in [1.29, 1.82) is 0 Å². The quantitative estimate of drug-likeness (QED) is 0.583. The largest absolute Gasteiger partial charge is 0.446 e. The Morgan fingerprint density at radius 1 is 1.11 bits per heavy atom. The van der Waals surface area contributed by atoms with E-state index in [4.69, 9.17) is 4.74 Å². The molecule has 6 atom stereocenters. The number of nitrogens with one attached hydrogen (secondary N) is 2. The molecular weight excluding hydrogens is 464 g/mol. The van der Waals surface area contributed by atoms with Crippen LogP contribution in [0.2, 0.25) is 0 Å². The van der Waals surface area contributed by atoms with Crippen molar-refractivity contribution in [3.63, 3.8) is 0 Å². The van der Waals surface area contributed by atoms with Crippen LogP contribution in [0.3, 0.4) is 0 Å². The summed E-state index contributed by atoms with van der Waals surface area (Å²) in [7, 11) is 0. The SMILES string of the molecule is O=C(NC1CC1)c1ccc2nc(N[C@@H]3CCN(C(=O)OC4C5CC6C[C@H]4C[C@@](O)(C6)C5)C3)sc2c1. The lowest BCUT2D eigenvalue weighted by atomic mass is 9.53. The predicted octanol–water partition coefficient (Wildman–Crippen LogP) is 3.75. The number of fused-ring (bicyclic) bond motifs is 1. The number of carbonyl (C=O) groups is 2. The molecule has 2 heterocycles. The summed E-state index contributed by atoms with van der Waals surface area (Å²) >= 11 is 1.54. The van der Waals surface area contributed by atoms with Gasteiger partial charge in [-0.1, -0.05) is 11.3 Å². The molecule has 3 N–H and O–H groups in total. The predicted molar refractivity (Wildman–Crippen MR) is 132 cm³/mol. The maximum atomic E-state index is 13.0. The van der Waals surface area contributed by atoms with Gasteiger partial charge in [0, 0.05) is 30.7 Å². The second kappa shape index (κ2) is 8.06. The average Bonchev–Trinajstić information content (AvgIpc) is 3.34. The fourth-order valence-corrected chi connectivity index (χ4v) is 8.14. The number of hydrogen-bond acceptors (Lipinski definition) is 7. The van der Waals surface area contributed by atoms with Crippen molar-refractivity contribution < 1.29 is 19.4 Å². The molecule has 2 amide bonds. The van der Waals surface area contributed by atoms with E-state index < -0.39 is 5.60 Å². The monoisotopic (exact) mass is 496 g/mol. The number of amides is 2. The molecule has 3 unspecified atom stereocenters. The van der Waals surface area contributed by atoms with Gasteiger partial charge < -0.3 is 25.4 Å². The number of rotatable bonds is 5. The second-order valence-corrected chi connectivity index (χ2v) is 12.6. The highest BCUT2D eigenvalue weighted by Gasteiger charge is 2.56. The number of ether oxygens (including phenoxy) is 1. The molecule has 8 nitrogen and oxygen atoms in total. The van der Waals surface area contributed by atoms with Crippen LogP contribution in [0.15, 0.2) is 18.2 Å². The minimum absolute atomic E-state index is 0.0180. The van der Waals surface area contributed by atoms with Gasteiger partial charge in [-0.3, -0.25) is 4.79 Å². The van der Waals surface area contributed by atoms with Gasteiger partial charge in [-0.15, -0.1) is 0 Å². The molecule has 1 aromatic heterocycles. The normalized spacial score (nSPS) is 35.5. The van der Waals surface area contributed by atoms with Gasteiger partial charge >= 0.3 is 6.09 Å². The van der Waals surface area contributed by atoms with Crippen molar-refractivity contribution in [3.05, 3.63) is 23.8 Å². The third-order valence-corrected chi connectivity index (χ3v) is 9.68. The molecule has 1 aliphatic heterocycles. The Balaban J connectivity index is 0.962. The number of thiazole rings is 1. The zero-order chi connectivity index (χ0) is 23.7. The van der Waals surface area contributed by atoms with E-state index in [1.165, 1.54) is 0 Å². The van der Waals surface area contributed by atoms with Crippen LogP contribution in [0.5, 0.6) is 0 Å². The summed E-state index contributed by atoms with van der Waals surface area (Å²) < 4.78 is 7.05. The summed E-state index contributed by atoms with van der Waals surface area (Å²) in [5.74, 6) is 1.21. The van der Waals surface area contributed by atoms with Crippen LogP contribution >= 0.6 is 11.3 Å². The molecule has 4 bridgehead atoms. The summed E-state index contributed by atoms with van der Waals surface area (Å²) in [5, 5.41) is 18.1. The van der Waals surface area contributed by atoms with E-state index in [0.717, 1.165) is 66.7 Å². The Labute approximate surface area is 208 Å². The summed E-state index contributed by atoms with van der Waals surface area (Å²) in [6.07, 6.45) is 7.40. The Morgan fingerprint density at radius 3 is 2.66 bits per heavy atom. The van der Waals surface area contributed by atoms with E-state index >= 15 is 0 Å². The standard InChI is InChI=1S/C26H32N4O4S/c31-23(27-18-2-3-18)15-1-4-20-21(9-15)35-24(29-20)28-19-5-6-30(13-19)25(32)34-22-16-7-14-8-17(22)12-26(33,10-14)11-16/h1,4,9,14,16-19,22,33H,2-3,5-8,10-13H2,(H,27,31)(H,28,29)/t14?,16-,17?,19+,22?,26-/m0/s1. The summed E-state index contributed by atoms with van der Waals surface area (Å²) in [5.41, 5.74) is 1.03. The summed E-state index contributed by atoms with van der Waals surface area (Å²) in [6, 6.07) is 6.11. The van der Waals surface area contributed by atoms with Crippen LogP contribution in [0.25, 0.3) is 10.2 Å². The number of benzene rings is 1. The molecule has 5 saturated carbocycles. The smallest absolute Gasteiger partial charge is 0.410 e. The zero-order valence-electron chi connectivity index (χ0n) is 19.7. The van der Waals surface area contributed by atoms with Crippen LogP contribution in [-0.4, -0.2) is 63.9 Å². The Morgan fingerprint density at radius 2 is 1.91 bits per heavy atom. The van der Waals surface area contributed by atoms with Crippen LogP contribution < -0.4 is 10.6 Å². The van der Waals surface area contributed by atoms with Crippen molar-refractivity contribution in [2.75, 3.05) is 18.4 Å². The fourth-order valence-electron chi connectivity index (χ4n) is 7.16. The lowest BCUT2D eigenvalue weighted by Gasteiger charge is -2.57. The molecule has 0 radical (unpaired) electrons. The van der Waals surface area contributed by atoms with Gasteiger partial charge in [0.15, 0.2) is 5.13 Å². The van der Waals surface area contributed by atoms with Gasteiger partial charge in [-0.05, 0) is 87.3 Å². The number of aliphatic hydroxyl groups is 1. The number of aromatic nitrogens is 1. The summed E-state index contributed by atoms with van der Waals surface area (Å²) in [4.78, 5) is 31.9. The minimum Gasteiger partial charge on any atom is -0.446 e. The molecule has 35 heavy (non-hydrogen) atoms. The first-order chi connectivity index (χ1) is 16.9. The number of hydrogen-bond donors (Lipinski definition) is 3. The molecule has 2 aromatic rings. The first kappa shape index (κ1) is 21.9. The Bertz CT molecular complexity index is 1160. The lowest BCUT2D eigenvalue weighted by Crippen LogP contribution is -2.58. The second-order valence-electron chi connectivity index (χ2n) is 11.6. The minimum atomic E-state index is -0.513. The maximum absolute atomic E-state index is 13.0. The van der Waals surface area contributed by atoms with E-state index in [0.29, 0.717) is 42.4 Å². The molecular formula is C26H32N4O4S. The van der Waals surface area contributed by atoms with Crippen LogP contribution in [0, 0.1) is 17.8 Å². The highest BCUT2D eigenvalue weighted by atomic mass is 32.1. The van der Waals surface area contributed by atoms with E-state index in [-0.39, 0.29) is 24.1 Å². The number of carbonyl (C=O) groups excluding carboxylic acids is 2. The van der Waals surface area contributed by atoms with Gasteiger partial charge in [0.25, 0.3) is 5.91 Å². The van der Waals surface area contributed by atoms with Crippen molar-refractivity contribution in [2.45, 2.75) is 75.2 Å². The van der Waals surface area contributed by atoms with Crippen molar-refractivity contribution in [1.82, 2.24) is 15.2 Å². The lowest BCUT2D eigenvalue weighted by molar-refractivity contribution is -0.177. The zero-order valence-corrected chi connectivity index (χ0v) is 20.6. The Hall–Kier alpha value is -2.39. The highest BCUT2D eigenvalue weighted by Crippen LogP contribution is 2.56. The van der Waals surface area contributed by atoms with Crippen molar-refractivity contribution in [2.24, 2.45) is 17.8 Å². The first-order valence-electron chi connectivity index (χ1n) is 13.1. The average molecular weight is 497 g/mol. The van der Waals surface area contributed by atoms with E-state index in [1.54, 1.807) is 11.3 Å². The molecule has 1 aromatic carbocycles. The molecule has 186 valence electrons. The molecule has 0 spiro atoms. The third-order valence-electron chi connectivity index (χ3n) is 8.73. The third kappa shape index (κ3) is 4.16. The topological polar surface area (TPSA) is 104 Å². The van der Waals surface area contributed by atoms with Gasteiger partial charge in [0.05, 0.1) is 15.8 Å². The molecule has 8 rings (SSSR count). The van der Waals surface area contributed by atoms with E-state index in [1.807, 2.05) is 23.1 Å². The van der Waals surface area contributed by atoms with Crippen LogP contribution in [-0.2, 0) is 4.74 Å². The molecule has 9 heteroatoms. The van der Waals surface area contributed by atoms with E-state index in [2.05, 4.69) is 15.6 Å². The molecule has 1 saturated heterocycles. The summed E-state index contributed by atoms with van der Waals surface area (Å²) in [6.45, 7) is 1.26. The molecule has 6 aliphatic rings. The van der Waals surface area contributed by atoms with Crippen molar-refractivity contribution in [3.8, 4) is 0 Å². The van der Waals surface area contributed by atoms with Gasteiger partial charge in [-0.25, -0.2) is 9.78 Å². The Kier molecular flexibility index (Phi) is 5.03. The number of nitrogens with zero attached hydrogens (tertiary/aromatic N) is 2. The number of anilines is 1. The molecule has 5 aliphatic carbocycles. The highest BCUT2D eigenvalue weighted by molar-refractivity contribution is 7.22.